The van der Waals surface area contributed by atoms with Gasteiger partial charge in [0.2, 0.25) is 0 Å². The second-order valence-corrected chi connectivity index (χ2v) is 3.60. The lowest BCUT2D eigenvalue weighted by molar-refractivity contribution is -0.139. The van der Waals surface area contributed by atoms with Crippen LogP contribution in [0, 0.1) is 0 Å². The van der Waals surface area contributed by atoms with Gasteiger partial charge in [0.1, 0.15) is 5.75 Å². The molecule has 0 bridgehead atoms. The first-order valence-corrected chi connectivity index (χ1v) is 5.22. The van der Waals surface area contributed by atoms with Crippen LogP contribution in [0.5, 0.6) is 5.75 Å². The number of pyridine rings is 1. The maximum atomic E-state index is 11.4. The molecule has 2 rings (SSSR count). The maximum Gasteiger partial charge on any atom is 0.310 e. The normalized spacial score (nSPS) is 10.2. The summed E-state index contributed by atoms with van der Waals surface area (Å²) in [6.07, 6.45) is 3.63. The molecule has 1 aromatic carbocycles. The number of aromatic nitrogens is 1. The maximum absolute atomic E-state index is 11.4. The Labute approximate surface area is 99.2 Å². The Morgan fingerprint density at radius 1 is 1.29 bits per heavy atom. The molecule has 0 aliphatic heterocycles. The van der Waals surface area contributed by atoms with E-state index in [2.05, 4.69) is 9.72 Å². The highest BCUT2D eigenvalue weighted by molar-refractivity contribution is 5.90. The summed E-state index contributed by atoms with van der Waals surface area (Å²) < 4.78 is 9.95. The van der Waals surface area contributed by atoms with Crippen LogP contribution in [0.25, 0.3) is 10.8 Å². The van der Waals surface area contributed by atoms with Crippen molar-refractivity contribution >= 4 is 16.7 Å². The summed E-state index contributed by atoms with van der Waals surface area (Å²) >= 11 is 0. The Morgan fingerprint density at radius 3 is 2.82 bits per heavy atom. The van der Waals surface area contributed by atoms with E-state index in [4.69, 9.17) is 4.74 Å². The van der Waals surface area contributed by atoms with Crippen LogP contribution in [-0.4, -0.2) is 25.2 Å². The molecule has 17 heavy (non-hydrogen) atoms. The van der Waals surface area contributed by atoms with Gasteiger partial charge in [0, 0.05) is 23.3 Å². The van der Waals surface area contributed by atoms with Crippen LogP contribution in [0.15, 0.2) is 30.6 Å². The highest BCUT2D eigenvalue weighted by Gasteiger charge is 2.12. The molecule has 0 aliphatic rings. The topological polar surface area (TPSA) is 48.4 Å². The van der Waals surface area contributed by atoms with Gasteiger partial charge in [0.05, 0.1) is 20.6 Å². The molecule has 0 aliphatic carbocycles. The number of rotatable bonds is 3. The second-order valence-electron chi connectivity index (χ2n) is 3.60. The highest BCUT2D eigenvalue weighted by Crippen LogP contribution is 2.27. The molecule has 0 spiro atoms. The van der Waals surface area contributed by atoms with Crippen molar-refractivity contribution in [2.24, 2.45) is 0 Å². The number of hydrogen-bond donors (Lipinski definition) is 0. The van der Waals surface area contributed by atoms with Gasteiger partial charge in [-0.15, -0.1) is 0 Å². The van der Waals surface area contributed by atoms with Gasteiger partial charge in [-0.1, -0.05) is 6.07 Å². The standard InChI is InChI=1S/C13H13NO3/c1-16-12-4-3-9-5-6-14-8-11(9)10(12)7-13(15)17-2/h3-6,8H,7H2,1-2H3. The van der Waals surface area contributed by atoms with E-state index in [1.54, 1.807) is 19.5 Å². The lowest BCUT2D eigenvalue weighted by Crippen LogP contribution is -2.06. The molecule has 0 saturated carbocycles. The molecule has 88 valence electrons. The molecular weight excluding hydrogens is 218 g/mol. The van der Waals surface area contributed by atoms with E-state index in [0.717, 1.165) is 16.3 Å². The summed E-state index contributed by atoms with van der Waals surface area (Å²) in [4.78, 5) is 15.5. The SMILES string of the molecule is COC(=O)Cc1c(OC)ccc2ccncc12. The summed E-state index contributed by atoms with van der Waals surface area (Å²) in [7, 11) is 2.95. The Bertz CT molecular complexity index is 551. The van der Waals surface area contributed by atoms with Crippen LogP contribution in [0.4, 0.5) is 0 Å². The molecule has 2 aromatic rings. The largest absolute Gasteiger partial charge is 0.496 e. The minimum atomic E-state index is -0.292. The fourth-order valence-corrected chi connectivity index (χ4v) is 1.79. The lowest BCUT2D eigenvalue weighted by Gasteiger charge is -2.10. The van der Waals surface area contributed by atoms with Crippen LogP contribution in [0.3, 0.4) is 0 Å². The number of benzene rings is 1. The van der Waals surface area contributed by atoms with Gasteiger partial charge >= 0.3 is 5.97 Å². The van der Waals surface area contributed by atoms with Crippen molar-refractivity contribution in [3.05, 3.63) is 36.2 Å². The molecule has 1 aromatic heterocycles. The third-order valence-electron chi connectivity index (χ3n) is 2.66. The van der Waals surface area contributed by atoms with Crippen LogP contribution in [0.2, 0.25) is 0 Å². The van der Waals surface area contributed by atoms with Crippen LogP contribution in [-0.2, 0) is 16.0 Å². The first-order chi connectivity index (χ1) is 8.26. The monoisotopic (exact) mass is 231 g/mol. The van der Waals surface area contributed by atoms with E-state index < -0.39 is 0 Å². The fraction of sp³-hybridized carbons (Fsp3) is 0.231. The molecule has 4 nitrogen and oxygen atoms in total. The van der Waals surface area contributed by atoms with Crippen LogP contribution >= 0.6 is 0 Å². The third-order valence-corrected chi connectivity index (χ3v) is 2.66. The second kappa shape index (κ2) is 4.82. The average molecular weight is 231 g/mol. The van der Waals surface area contributed by atoms with Crippen molar-refractivity contribution in [2.45, 2.75) is 6.42 Å². The van der Waals surface area contributed by atoms with Crippen molar-refractivity contribution < 1.29 is 14.3 Å². The van der Waals surface area contributed by atoms with Crippen molar-refractivity contribution in [3.8, 4) is 5.75 Å². The highest BCUT2D eigenvalue weighted by atomic mass is 16.5. The molecule has 0 saturated heterocycles. The zero-order chi connectivity index (χ0) is 12.3. The molecular formula is C13H13NO3. The Balaban J connectivity index is 2.58. The number of ether oxygens (including phenoxy) is 2. The van der Waals surface area contributed by atoms with Gasteiger partial charge in [-0.3, -0.25) is 9.78 Å². The number of esters is 1. The zero-order valence-corrected chi connectivity index (χ0v) is 9.77. The molecule has 0 amide bonds. The number of carbonyl (C=O) groups is 1. The van der Waals surface area contributed by atoms with Crippen molar-refractivity contribution in [2.75, 3.05) is 14.2 Å². The lowest BCUT2D eigenvalue weighted by atomic mass is 10.0. The Kier molecular flexibility index (Phi) is 3.23. The minimum absolute atomic E-state index is 0.183. The molecule has 4 heteroatoms. The molecule has 0 radical (unpaired) electrons. The van der Waals surface area contributed by atoms with E-state index in [1.165, 1.54) is 7.11 Å². The first kappa shape index (κ1) is 11.4. The minimum Gasteiger partial charge on any atom is -0.496 e. The predicted octanol–water partition coefficient (Wildman–Crippen LogP) is 1.96. The molecule has 0 fully saturated rings. The number of carbonyl (C=O) groups excluding carboxylic acids is 1. The Hall–Kier alpha value is -2.10. The molecule has 0 N–H and O–H groups in total. The van der Waals surface area contributed by atoms with E-state index >= 15 is 0 Å². The smallest absolute Gasteiger partial charge is 0.310 e. The molecule has 0 unspecified atom stereocenters. The molecule has 1 heterocycles. The predicted molar refractivity (Wildman–Crippen MR) is 64.0 cm³/mol. The third kappa shape index (κ3) is 2.20. The quantitative estimate of drug-likeness (QED) is 0.758. The summed E-state index contributed by atoms with van der Waals surface area (Å²) in [5, 5.41) is 1.94. The van der Waals surface area contributed by atoms with Gasteiger partial charge < -0.3 is 9.47 Å². The van der Waals surface area contributed by atoms with Gasteiger partial charge in [-0.05, 0) is 17.5 Å². The zero-order valence-electron chi connectivity index (χ0n) is 9.77. The first-order valence-electron chi connectivity index (χ1n) is 5.22. The number of nitrogens with zero attached hydrogens (tertiary/aromatic N) is 1. The number of fused-ring (bicyclic) bond motifs is 1. The summed E-state index contributed by atoms with van der Waals surface area (Å²) in [6.45, 7) is 0. The average Bonchev–Trinajstić information content (AvgIpc) is 2.39. The fourth-order valence-electron chi connectivity index (χ4n) is 1.79. The van der Waals surface area contributed by atoms with E-state index in [1.807, 2.05) is 18.2 Å². The summed E-state index contributed by atoms with van der Waals surface area (Å²) in [5.74, 6) is 0.385. The van der Waals surface area contributed by atoms with Crippen molar-refractivity contribution in [1.29, 1.82) is 0 Å². The number of hydrogen-bond acceptors (Lipinski definition) is 4. The van der Waals surface area contributed by atoms with Crippen LogP contribution in [0.1, 0.15) is 5.56 Å². The van der Waals surface area contributed by atoms with Crippen molar-refractivity contribution in [3.63, 3.8) is 0 Å². The number of methoxy groups -OCH3 is 2. The van der Waals surface area contributed by atoms with Gasteiger partial charge in [0.15, 0.2) is 0 Å². The summed E-state index contributed by atoms with van der Waals surface area (Å²) in [5.41, 5.74) is 0.810. The van der Waals surface area contributed by atoms with E-state index in [9.17, 15) is 4.79 Å². The van der Waals surface area contributed by atoms with Gasteiger partial charge in [-0.25, -0.2) is 0 Å². The van der Waals surface area contributed by atoms with E-state index in [-0.39, 0.29) is 12.4 Å². The van der Waals surface area contributed by atoms with E-state index in [0.29, 0.717) is 5.75 Å². The summed E-state index contributed by atoms with van der Waals surface area (Å²) in [6, 6.07) is 5.69. The Morgan fingerprint density at radius 2 is 2.12 bits per heavy atom. The van der Waals surface area contributed by atoms with Crippen molar-refractivity contribution in [1.82, 2.24) is 4.98 Å². The van der Waals surface area contributed by atoms with Gasteiger partial charge in [0.25, 0.3) is 0 Å². The van der Waals surface area contributed by atoms with Crippen LogP contribution < -0.4 is 4.74 Å². The van der Waals surface area contributed by atoms with Gasteiger partial charge in [-0.2, -0.15) is 0 Å². The molecule has 0 atom stereocenters.